The molecule has 1 aromatic heterocycles. The molecule has 0 aliphatic heterocycles. The maximum Gasteiger partial charge on any atom is 0.339 e. The van der Waals surface area contributed by atoms with Crippen LogP contribution in [0.1, 0.15) is 43.8 Å². The largest absolute Gasteiger partial charge is 0.494 e. The SMILES string of the molecule is CCOC(=O)c1ccc(C(=O)Nc2cc(OC)c(NC(=O)c3ccccc3)cc2OC)nc1C. The third kappa shape index (κ3) is 5.50. The lowest BCUT2D eigenvalue weighted by atomic mass is 10.1. The second-order valence-electron chi connectivity index (χ2n) is 7.08. The highest BCUT2D eigenvalue weighted by Crippen LogP contribution is 2.37. The first-order valence-electron chi connectivity index (χ1n) is 10.5. The topological polar surface area (TPSA) is 116 Å². The molecule has 1 heterocycles. The minimum Gasteiger partial charge on any atom is -0.494 e. The molecule has 9 heteroatoms. The molecule has 2 amide bonds. The molecule has 0 unspecified atom stereocenters. The number of carbonyl (C=O) groups is 3. The van der Waals surface area contributed by atoms with Gasteiger partial charge in [0.2, 0.25) is 0 Å². The van der Waals surface area contributed by atoms with Crippen LogP contribution in [0, 0.1) is 6.92 Å². The maximum absolute atomic E-state index is 12.8. The van der Waals surface area contributed by atoms with E-state index in [0.29, 0.717) is 34.1 Å². The molecule has 0 saturated carbocycles. The molecular weight excluding hydrogens is 438 g/mol. The van der Waals surface area contributed by atoms with Gasteiger partial charge in [-0.2, -0.15) is 0 Å². The van der Waals surface area contributed by atoms with E-state index in [2.05, 4.69) is 15.6 Å². The van der Waals surface area contributed by atoms with Gasteiger partial charge in [0.25, 0.3) is 11.8 Å². The molecule has 0 radical (unpaired) electrons. The number of hydrogen-bond acceptors (Lipinski definition) is 7. The van der Waals surface area contributed by atoms with Gasteiger partial charge in [-0.15, -0.1) is 0 Å². The van der Waals surface area contributed by atoms with E-state index >= 15 is 0 Å². The predicted molar refractivity (Wildman–Crippen MR) is 127 cm³/mol. The quantitative estimate of drug-likeness (QED) is 0.484. The van der Waals surface area contributed by atoms with E-state index in [0.717, 1.165) is 0 Å². The fourth-order valence-corrected chi connectivity index (χ4v) is 3.18. The molecule has 176 valence electrons. The summed E-state index contributed by atoms with van der Waals surface area (Å²) in [5, 5.41) is 5.52. The summed E-state index contributed by atoms with van der Waals surface area (Å²) in [5.74, 6) is -0.711. The van der Waals surface area contributed by atoms with E-state index < -0.39 is 11.9 Å². The Balaban J connectivity index is 1.84. The molecule has 0 atom stereocenters. The van der Waals surface area contributed by atoms with E-state index in [4.69, 9.17) is 14.2 Å². The number of hydrogen-bond donors (Lipinski definition) is 2. The first kappa shape index (κ1) is 24.2. The number of methoxy groups -OCH3 is 2. The maximum atomic E-state index is 12.8. The summed E-state index contributed by atoms with van der Waals surface area (Å²) >= 11 is 0. The molecule has 0 spiro atoms. The smallest absolute Gasteiger partial charge is 0.339 e. The van der Waals surface area contributed by atoms with E-state index in [9.17, 15) is 14.4 Å². The average Bonchev–Trinajstić information content (AvgIpc) is 2.85. The molecule has 0 saturated heterocycles. The summed E-state index contributed by atoms with van der Waals surface area (Å²) < 4.78 is 15.8. The highest BCUT2D eigenvalue weighted by molar-refractivity contribution is 6.07. The minimum atomic E-state index is -0.514. The van der Waals surface area contributed by atoms with Crippen LogP contribution in [-0.2, 0) is 4.74 Å². The molecule has 34 heavy (non-hydrogen) atoms. The number of aryl methyl sites for hydroxylation is 1. The Morgan fingerprint density at radius 1 is 0.853 bits per heavy atom. The van der Waals surface area contributed by atoms with Gasteiger partial charge in [-0.25, -0.2) is 9.78 Å². The van der Waals surface area contributed by atoms with Crippen molar-refractivity contribution in [2.75, 3.05) is 31.5 Å². The first-order valence-corrected chi connectivity index (χ1v) is 10.5. The Morgan fingerprint density at radius 2 is 1.44 bits per heavy atom. The second kappa shape index (κ2) is 11.0. The molecule has 0 bridgehead atoms. The van der Waals surface area contributed by atoms with Crippen molar-refractivity contribution in [1.82, 2.24) is 4.98 Å². The Kier molecular flexibility index (Phi) is 7.81. The monoisotopic (exact) mass is 463 g/mol. The molecule has 9 nitrogen and oxygen atoms in total. The summed E-state index contributed by atoms with van der Waals surface area (Å²) in [6.45, 7) is 3.57. The van der Waals surface area contributed by atoms with Crippen LogP contribution in [0.5, 0.6) is 11.5 Å². The Bertz CT molecular complexity index is 1210. The summed E-state index contributed by atoms with van der Waals surface area (Å²) in [7, 11) is 2.89. The Hall–Kier alpha value is -4.40. The number of amides is 2. The van der Waals surface area contributed by atoms with Crippen molar-refractivity contribution in [2.45, 2.75) is 13.8 Å². The van der Waals surface area contributed by atoms with Crippen molar-refractivity contribution in [2.24, 2.45) is 0 Å². The number of ether oxygens (including phenoxy) is 3. The van der Waals surface area contributed by atoms with Crippen LogP contribution in [-0.4, -0.2) is 43.6 Å². The van der Waals surface area contributed by atoms with E-state index in [1.807, 2.05) is 6.07 Å². The lowest BCUT2D eigenvalue weighted by molar-refractivity contribution is 0.0524. The van der Waals surface area contributed by atoms with Gasteiger partial charge in [-0.1, -0.05) is 18.2 Å². The van der Waals surface area contributed by atoms with Crippen molar-refractivity contribution < 1.29 is 28.6 Å². The molecular formula is C25H25N3O6. The van der Waals surface area contributed by atoms with Crippen LogP contribution in [0.25, 0.3) is 0 Å². The minimum absolute atomic E-state index is 0.105. The summed E-state index contributed by atoms with van der Waals surface area (Å²) in [6.07, 6.45) is 0. The van der Waals surface area contributed by atoms with Crippen molar-refractivity contribution in [3.8, 4) is 11.5 Å². The van der Waals surface area contributed by atoms with E-state index in [1.165, 1.54) is 32.4 Å². The fourth-order valence-electron chi connectivity index (χ4n) is 3.18. The lowest BCUT2D eigenvalue weighted by Gasteiger charge is -2.16. The number of benzene rings is 2. The number of pyridine rings is 1. The van der Waals surface area contributed by atoms with Gasteiger partial charge in [0.15, 0.2) is 0 Å². The molecule has 3 aromatic rings. The van der Waals surface area contributed by atoms with Gasteiger partial charge in [-0.3, -0.25) is 9.59 Å². The molecule has 0 aliphatic carbocycles. The van der Waals surface area contributed by atoms with Crippen LogP contribution in [0.2, 0.25) is 0 Å². The Labute approximate surface area is 197 Å². The van der Waals surface area contributed by atoms with Crippen LogP contribution >= 0.6 is 0 Å². The van der Waals surface area contributed by atoms with Gasteiger partial charge in [0, 0.05) is 17.7 Å². The first-order chi connectivity index (χ1) is 16.4. The lowest BCUT2D eigenvalue weighted by Crippen LogP contribution is -2.17. The van der Waals surface area contributed by atoms with E-state index in [1.54, 1.807) is 44.2 Å². The number of nitrogens with one attached hydrogen (secondary N) is 2. The van der Waals surface area contributed by atoms with Crippen LogP contribution in [0.4, 0.5) is 11.4 Å². The number of aromatic nitrogens is 1. The zero-order valence-electron chi connectivity index (χ0n) is 19.3. The van der Waals surface area contributed by atoms with Gasteiger partial charge in [0.05, 0.1) is 43.5 Å². The second-order valence-corrected chi connectivity index (χ2v) is 7.08. The molecule has 2 N–H and O–H groups in total. The Morgan fingerprint density at radius 3 is 1.97 bits per heavy atom. The number of rotatable bonds is 8. The standard InChI is InChI=1S/C25H25N3O6/c1-5-34-25(31)17-11-12-18(26-15(17)2)24(30)28-20-14-21(32-3)19(13-22(20)33-4)27-23(29)16-9-7-6-8-10-16/h6-14H,5H2,1-4H3,(H,27,29)(H,28,30). The molecule has 3 rings (SSSR count). The third-order valence-corrected chi connectivity index (χ3v) is 4.87. The van der Waals surface area contributed by atoms with Crippen LogP contribution in [0.15, 0.2) is 54.6 Å². The van der Waals surface area contributed by atoms with Gasteiger partial charge < -0.3 is 24.8 Å². The predicted octanol–water partition coefficient (Wildman–Crippen LogP) is 4.09. The zero-order chi connectivity index (χ0) is 24.7. The normalized spacial score (nSPS) is 10.2. The fraction of sp³-hybridized carbons (Fsp3) is 0.200. The number of anilines is 2. The van der Waals surface area contributed by atoms with Crippen LogP contribution < -0.4 is 20.1 Å². The summed E-state index contributed by atoms with van der Waals surface area (Å²) in [5.41, 5.74) is 1.93. The number of nitrogens with zero attached hydrogens (tertiary/aromatic N) is 1. The number of esters is 1. The third-order valence-electron chi connectivity index (χ3n) is 4.87. The van der Waals surface area contributed by atoms with Gasteiger partial charge in [-0.05, 0) is 38.1 Å². The summed E-state index contributed by atoms with van der Waals surface area (Å²) in [4.78, 5) is 41.6. The van der Waals surface area contributed by atoms with Gasteiger partial charge >= 0.3 is 5.97 Å². The van der Waals surface area contributed by atoms with Crippen molar-refractivity contribution in [3.63, 3.8) is 0 Å². The molecule has 0 aliphatic rings. The van der Waals surface area contributed by atoms with Crippen LogP contribution in [0.3, 0.4) is 0 Å². The molecule has 2 aromatic carbocycles. The summed E-state index contributed by atoms with van der Waals surface area (Å²) in [6, 6.07) is 14.8. The number of carbonyl (C=O) groups excluding carboxylic acids is 3. The van der Waals surface area contributed by atoms with E-state index in [-0.39, 0.29) is 23.8 Å². The zero-order valence-corrected chi connectivity index (χ0v) is 19.3. The van der Waals surface area contributed by atoms with Crippen molar-refractivity contribution in [1.29, 1.82) is 0 Å². The highest BCUT2D eigenvalue weighted by Gasteiger charge is 2.19. The van der Waals surface area contributed by atoms with Gasteiger partial charge in [0.1, 0.15) is 17.2 Å². The highest BCUT2D eigenvalue weighted by atomic mass is 16.5. The van der Waals surface area contributed by atoms with Crippen molar-refractivity contribution in [3.05, 3.63) is 77.1 Å². The van der Waals surface area contributed by atoms with Crippen molar-refractivity contribution >= 4 is 29.2 Å². The molecule has 0 fully saturated rings. The average molecular weight is 463 g/mol.